The Morgan fingerprint density at radius 2 is 1.79 bits per heavy atom. The molecule has 6 heteroatoms. The van der Waals surface area contributed by atoms with Gasteiger partial charge in [-0.25, -0.2) is 0 Å². The van der Waals surface area contributed by atoms with Gasteiger partial charge in [-0.2, -0.15) is 5.10 Å². The summed E-state index contributed by atoms with van der Waals surface area (Å²) in [5.41, 5.74) is 4.60. The number of nitrogens with one attached hydrogen (secondary N) is 1. The van der Waals surface area contributed by atoms with Crippen molar-refractivity contribution in [3.63, 3.8) is 0 Å². The van der Waals surface area contributed by atoms with E-state index < -0.39 is 0 Å². The minimum atomic E-state index is 0.525. The summed E-state index contributed by atoms with van der Waals surface area (Å²) in [4.78, 5) is 0. The Balaban J connectivity index is 2.07. The number of hydrogen-bond acceptors (Lipinski definition) is 5. The maximum absolute atomic E-state index is 6.08. The fourth-order valence-electron chi connectivity index (χ4n) is 2.02. The molecule has 128 valence electrons. The molecular weight excluding hydrogens is 328 g/mol. The number of hydrazone groups is 1. The zero-order valence-electron chi connectivity index (χ0n) is 14.0. The Kier molecular flexibility index (Phi) is 6.75. The van der Waals surface area contributed by atoms with Crippen molar-refractivity contribution >= 4 is 23.5 Å². The predicted molar refractivity (Wildman–Crippen MR) is 98.0 cm³/mol. The highest BCUT2D eigenvalue weighted by atomic mass is 35.5. The highest BCUT2D eigenvalue weighted by molar-refractivity contribution is 6.32. The van der Waals surface area contributed by atoms with Crippen molar-refractivity contribution in [2.75, 3.05) is 26.3 Å². The Hall–Kier alpha value is -2.40. The molecule has 2 rings (SSSR count). The molecule has 0 aliphatic rings. The molecule has 1 N–H and O–H groups in total. The molecule has 0 radical (unpaired) electrons. The molecule has 0 atom stereocenters. The van der Waals surface area contributed by atoms with Crippen LogP contribution in [-0.2, 0) is 0 Å². The molecule has 2 aromatic rings. The molecule has 0 fully saturated rings. The highest BCUT2D eigenvalue weighted by Gasteiger charge is 2.05. The summed E-state index contributed by atoms with van der Waals surface area (Å²) in [6.07, 6.45) is 2.64. The topological polar surface area (TPSA) is 52.1 Å². The third-order valence-electron chi connectivity index (χ3n) is 3.21. The number of hydrogen-bond donors (Lipinski definition) is 1. The van der Waals surface area contributed by atoms with Crippen LogP contribution in [0.2, 0.25) is 5.02 Å². The van der Waals surface area contributed by atoms with E-state index in [4.69, 9.17) is 25.8 Å². The minimum Gasteiger partial charge on any atom is -0.495 e. The van der Waals surface area contributed by atoms with Gasteiger partial charge >= 0.3 is 0 Å². The van der Waals surface area contributed by atoms with Crippen molar-refractivity contribution in [3.05, 3.63) is 47.0 Å². The smallest absolute Gasteiger partial charge is 0.161 e. The number of halogens is 1. The van der Waals surface area contributed by atoms with Crippen molar-refractivity contribution < 1.29 is 14.2 Å². The molecule has 0 aliphatic heterocycles. The van der Waals surface area contributed by atoms with E-state index in [9.17, 15) is 0 Å². The van der Waals surface area contributed by atoms with Crippen LogP contribution in [0.25, 0.3) is 0 Å². The lowest BCUT2D eigenvalue weighted by atomic mass is 10.2. The summed E-state index contributed by atoms with van der Waals surface area (Å²) < 4.78 is 16.1. The summed E-state index contributed by atoms with van der Waals surface area (Å²) in [5.74, 6) is 2.03. The Labute approximate surface area is 147 Å². The fraction of sp³-hybridized carbons (Fsp3) is 0.278. The summed E-state index contributed by atoms with van der Waals surface area (Å²) >= 11 is 6.08. The molecule has 0 bridgehead atoms. The third-order valence-corrected chi connectivity index (χ3v) is 3.50. The van der Waals surface area contributed by atoms with Crippen LogP contribution in [0, 0.1) is 0 Å². The maximum Gasteiger partial charge on any atom is 0.161 e. The van der Waals surface area contributed by atoms with Crippen molar-refractivity contribution in [1.82, 2.24) is 0 Å². The molecule has 5 nitrogen and oxygen atoms in total. The normalized spacial score (nSPS) is 10.7. The van der Waals surface area contributed by atoms with Crippen LogP contribution in [0.1, 0.15) is 18.9 Å². The molecule has 24 heavy (non-hydrogen) atoms. The Bertz CT molecular complexity index is 705. The lowest BCUT2D eigenvalue weighted by Gasteiger charge is -2.10. The van der Waals surface area contributed by atoms with Crippen molar-refractivity contribution in [2.45, 2.75) is 13.3 Å². The van der Waals surface area contributed by atoms with E-state index in [-0.39, 0.29) is 0 Å². The average Bonchev–Trinajstić information content (AvgIpc) is 2.60. The van der Waals surface area contributed by atoms with E-state index in [1.165, 1.54) is 0 Å². The van der Waals surface area contributed by atoms with Gasteiger partial charge in [0.15, 0.2) is 11.5 Å². The van der Waals surface area contributed by atoms with Crippen molar-refractivity contribution in [2.24, 2.45) is 5.10 Å². The molecule has 0 unspecified atom stereocenters. The van der Waals surface area contributed by atoms with Crippen LogP contribution in [0.5, 0.6) is 17.2 Å². The summed E-state index contributed by atoms with van der Waals surface area (Å²) in [5, 5.41) is 4.74. The van der Waals surface area contributed by atoms with Gasteiger partial charge in [-0.15, -0.1) is 0 Å². The Morgan fingerprint density at radius 3 is 2.46 bits per heavy atom. The van der Waals surface area contributed by atoms with Gasteiger partial charge in [0, 0.05) is 0 Å². The largest absolute Gasteiger partial charge is 0.495 e. The zero-order valence-corrected chi connectivity index (χ0v) is 14.8. The number of nitrogens with zero attached hydrogens (tertiary/aromatic N) is 1. The molecule has 0 aliphatic carbocycles. The van der Waals surface area contributed by atoms with Gasteiger partial charge in [0.25, 0.3) is 0 Å². The first kappa shape index (κ1) is 17.9. The van der Waals surface area contributed by atoms with Crippen LogP contribution in [0.15, 0.2) is 41.5 Å². The number of benzene rings is 2. The van der Waals surface area contributed by atoms with Crippen LogP contribution >= 0.6 is 11.6 Å². The summed E-state index contributed by atoms with van der Waals surface area (Å²) in [6, 6.07) is 11.0. The summed E-state index contributed by atoms with van der Waals surface area (Å²) in [7, 11) is 3.20. The minimum absolute atomic E-state index is 0.525. The number of rotatable bonds is 8. The Morgan fingerprint density at radius 1 is 1.04 bits per heavy atom. The van der Waals surface area contributed by atoms with Crippen LogP contribution < -0.4 is 19.6 Å². The van der Waals surface area contributed by atoms with Gasteiger partial charge in [-0.05, 0) is 48.4 Å². The number of ether oxygens (including phenoxy) is 3. The molecule has 0 spiro atoms. The predicted octanol–water partition coefficient (Wildman–Crippen LogP) is 4.59. The highest BCUT2D eigenvalue weighted by Crippen LogP contribution is 2.28. The first-order valence-corrected chi connectivity index (χ1v) is 7.99. The lowest BCUT2D eigenvalue weighted by Crippen LogP contribution is -1.99. The monoisotopic (exact) mass is 348 g/mol. The number of anilines is 1. The van der Waals surface area contributed by atoms with Gasteiger partial charge in [0.1, 0.15) is 5.75 Å². The van der Waals surface area contributed by atoms with Gasteiger partial charge in [0.2, 0.25) is 0 Å². The molecule has 0 saturated heterocycles. The second kappa shape index (κ2) is 9.03. The molecular formula is C18H21ClN2O3. The quantitative estimate of drug-likeness (QED) is 0.560. The molecule has 0 heterocycles. The molecule has 0 amide bonds. The fourth-order valence-corrected chi connectivity index (χ4v) is 2.27. The van der Waals surface area contributed by atoms with Crippen molar-refractivity contribution in [3.8, 4) is 17.2 Å². The van der Waals surface area contributed by atoms with Gasteiger partial charge in [0.05, 0.1) is 37.8 Å². The van der Waals surface area contributed by atoms with E-state index in [0.717, 1.165) is 17.7 Å². The standard InChI is InChI=1S/C18H21ClN2O3/c1-4-9-24-18-10-13(5-7-17(18)23-3)12-20-21-14-6-8-16(22-2)15(19)11-14/h5-8,10-12,21H,4,9H2,1-3H3/b20-12+. The van der Waals surface area contributed by atoms with Crippen molar-refractivity contribution in [1.29, 1.82) is 0 Å². The number of methoxy groups -OCH3 is 2. The zero-order chi connectivity index (χ0) is 17.4. The first-order chi connectivity index (χ1) is 11.7. The second-order valence-corrected chi connectivity index (χ2v) is 5.39. The van der Waals surface area contributed by atoms with E-state index in [1.807, 2.05) is 24.3 Å². The third kappa shape index (κ3) is 4.80. The average molecular weight is 349 g/mol. The van der Waals surface area contributed by atoms with E-state index in [1.54, 1.807) is 32.6 Å². The van der Waals surface area contributed by atoms with Gasteiger partial charge in [-0.3, -0.25) is 5.43 Å². The molecule has 0 aromatic heterocycles. The first-order valence-electron chi connectivity index (χ1n) is 7.61. The van der Waals surface area contributed by atoms with Crippen LogP contribution in [0.4, 0.5) is 5.69 Å². The van der Waals surface area contributed by atoms with Crippen LogP contribution in [-0.4, -0.2) is 27.0 Å². The van der Waals surface area contributed by atoms with E-state index in [2.05, 4.69) is 17.5 Å². The summed E-state index contributed by atoms with van der Waals surface area (Å²) in [6.45, 7) is 2.70. The second-order valence-electron chi connectivity index (χ2n) is 4.98. The molecule has 0 saturated carbocycles. The van der Waals surface area contributed by atoms with E-state index >= 15 is 0 Å². The maximum atomic E-state index is 6.08. The van der Waals surface area contributed by atoms with Crippen LogP contribution in [0.3, 0.4) is 0 Å². The van der Waals surface area contributed by atoms with Gasteiger partial charge in [-0.1, -0.05) is 18.5 Å². The van der Waals surface area contributed by atoms with Gasteiger partial charge < -0.3 is 14.2 Å². The molecule has 2 aromatic carbocycles. The lowest BCUT2D eigenvalue weighted by molar-refractivity contribution is 0.294. The van der Waals surface area contributed by atoms with E-state index in [0.29, 0.717) is 28.9 Å². The SMILES string of the molecule is CCCOc1cc(/C=N/Nc2ccc(OC)c(Cl)c2)ccc1OC.